The Balaban J connectivity index is 2.97. The SMILES string of the molecule is Cc1[nH]c2c(C)cc(Br)cc2c(=O)c1C(C)C. The molecule has 90 valence electrons. The van der Waals surface area contributed by atoms with Crippen molar-refractivity contribution in [2.24, 2.45) is 0 Å². The lowest BCUT2D eigenvalue weighted by Crippen LogP contribution is -2.15. The Morgan fingerprint density at radius 1 is 1.24 bits per heavy atom. The minimum absolute atomic E-state index is 0.149. The molecule has 0 atom stereocenters. The number of rotatable bonds is 1. The number of aromatic nitrogens is 1. The Morgan fingerprint density at radius 3 is 2.47 bits per heavy atom. The average molecular weight is 294 g/mol. The zero-order valence-electron chi connectivity index (χ0n) is 10.5. The second-order valence-electron chi connectivity index (χ2n) is 4.79. The molecule has 2 aromatic rings. The van der Waals surface area contributed by atoms with E-state index in [-0.39, 0.29) is 11.3 Å². The number of hydrogen-bond acceptors (Lipinski definition) is 1. The summed E-state index contributed by atoms with van der Waals surface area (Å²) in [5, 5.41) is 0.770. The second kappa shape index (κ2) is 4.30. The third-order valence-corrected chi connectivity index (χ3v) is 3.54. The molecule has 0 aliphatic heterocycles. The van der Waals surface area contributed by atoms with E-state index in [4.69, 9.17) is 0 Å². The molecule has 0 fully saturated rings. The van der Waals surface area contributed by atoms with Gasteiger partial charge in [-0.25, -0.2) is 0 Å². The van der Waals surface area contributed by atoms with Crippen LogP contribution in [0.4, 0.5) is 0 Å². The van der Waals surface area contributed by atoms with Gasteiger partial charge in [0.15, 0.2) is 5.43 Å². The predicted octanol–water partition coefficient (Wildman–Crippen LogP) is 4.03. The molecule has 1 N–H and O–H groups in total. The van der Waals surface area contributed by atoms with E-state index in [1.54, 1.807) is 0 Å². The van der Waals surface area contributed by atoms with Crippen LogP contribution in [0.5, 0.6) is 0 Å². The van der Waals surface area contributed by atoms with Crippen LogP contribution in [0.15, 0.2) is 21.4 Å². The van der Waals surface area contributed by atoms with Crippen LogP contribution in [0.25, 0.3) is 10.9 Å². The van der Waals surface area contributed by atoms with Crippen molar-refractivity contribution in [1.29, 1.82) is 0 Å². The van der Waals surface area contributed by atoms with E-state index in [1.165, 1.54) is 0 Å². The quantitative estimate of drug-likeness (QED) is 0.846. The average Bonchev–Trinajstić information content (AvgIpc) is 2.19. The lowest BCUT2D eigenvalue weighted by Gasteiger charge is -2.12. The molecule has 2 nitrogen and oxygen atoms in total. The summed E-state index contributed by atoms with van der Waals surface area (Å²) in [7, 11) is 0. The largest absolute Gasteiger partial charge is 0.358 e. The summed E-state index contributed by atoms with van der Waals surface area (Å²) in [6.45, 7) is 8.08. The highest BCUT2D eigenvalue weighted by Crippen LogP contribution is 2.23. The number of hydrogen-bond donors (Lipinski definition) is 1. The number of fused-ring (bicyclic) bond motifs is 1. The maximum absolute atomic E-state index is 12.5. The van der Waals surface area contributed by atoms with E-state index >= 15 is 0 Å². The maximum atomic E-state index is 12.5. The Labute approximate surface area is 109 Å². The van der Waals surface area contributed by atoms with E-state index in [0.717, 1.165) is 32.2 Å². The van der Waals surface area contributed by atoms with Gasteiger partial charge in [0, 0.05) is 21.1 Å². The molecule has 0 saturated heterocycles. The zero-order chi connectivity index (χ0) is 12.7. The number of nitrogens with one attached hydrogen (secondary N) is 1. The highest BCUT2D eigenvalue weighted by atomic mass is 79.9. The van der Waals surface area contributed by atoms with Gasteiger partial charge in [-0.1, -0.05) is 29.8 Å². The van der Waals surface area contributed by atoms with E-state index in [1.807, 2.05) is 39.8 Å². The van der Waals surface area contributed by atoms with Crippen LogP contribution in [0.3, 0.4) is 0 Å². The van der Waals surface area contributed by atoms with Crippen LogP contribution in [-0.4, -0.2) is 4.98 Å². The summed E-state index contributed by atoms with van der Waals surface area (Å²) in [4.78, 5) is 15.8. The molecule has 0 spiro atoms. The highest BCUT2D eigenvalue weighted by Gasteiger charge is 2.13. The van der Waals surface area contributed by atoms with Gasteiger partial charge in [-0.3, -0.25) is 4.79 Å². The normalized spacial score (nSPS) is 11.4. The fourth-order valence-electron chi connectivity index (χ4n) is 2.35. The molecule has 1 aromatic heterocycles. The van der Waals surface area contributed by atoms with E-state index in [2.05, 4.69) is 20.9 Å². The number of benzene rings is 1. The summed E-state index contributed by atoms with van der Waals surface area (Å²) in [6.07, 6.45) is 0. The standard InChI is InChI=1S/C14H16BrNO/c1-7(2)12-9(4)16-13-8(3)5-10(15)6-11(13)14(12)17/h5-7H,1-4H3,(H,16,17). The predicted molar refractivity (Wildman–Crippen MR) is 75.8 cm³/mol. The molecule has 2 rings (SSSR count). The van der Waals surface area contributed by atoms with Crippen LogP contribution in [0.2, 0.25) is 0 Å². The Kier molecular flexibility index (Phi) is 3.13. The number of aryl methyl sites for hydroxylation is 2. The van der Waals surface area contributed by atoms with Gasteiger partial charge in [0.25, 0.3) is 0 Å². The lowest BCUT2D eigenvalue weighted by molar-refractivity contribution is 0.838. The number of pyridine rings is 1. The van der Waals surface area contributed by atoms with Crippen LogP contribution >= 0.6 is 15.9 Å². The van der Waals surface area contributed by atoms with E-state index in [0.29, 0.717) is 0 Å². The van der Waals surface area contributed by atoms with Gasteiger partial charge in [0.2, 0.25) is 0 Å². The molecule has 1 aromatic carbocycles. The molecule has 0 amide bonds. The first-order valence-corrected chi connectivity index (χ1v) is 6.53. The van der Waals surface area contributed by atoms with Crippen molar-refractivity contribution in [3.63, 3.8) is 0 Å². The van der Waals surface area contributed by atoms with Crippen molar-refractivity contribution in [3.8, 4) is 0 Å². The van der Waals surface area contributed by atoms with Gasteiger partial charge in [0.1, 0.15) is 0 Å². The minimum atomic E-state index is 0.149. The summed E-state index contributed by atoms with van der Waals surface area (Å²) < 4.78 is 0.951. The topological polar surface area (TPSA) is 32.9 Å². The van der Waals surface area contributed by atoms with E-state index in [9.17, 15) is 4.79 Å². The first-order valence-electron chi connectivity index (χ1n) is 5.74. The molecule has 0 aliphatic rings. The van der Waals surface area contributed by atoms with Gasteiger partial charge < -0.3 is 4.98 Å². The summed E-state index contributed by atoms with van der Waals surface area (Å²) in [6, 6.07) is 3.92. The fourth-order valence-corrected chi connectivity index (χ4v) is 2.93. The third-order valence-electron chi connectivity index (χ3n) is 3.08. The first kappa shape index (κ1) is 12.4. The van der Waals surface area contributed by atoms with Crippen LogP contribution < -0.4 is 5.43 Å². The molecule has 0 unspecified atom stereocenters. The Bertz CT molecular complexity index is 641. The molecule has 0 radical (unpaired) electrons. The molecule has 0 aliphatic carbocycles. The van der Waals surface area contributed by atoms with E-state index < -0.39 is 0 Å². The molecule has 17 heavy (non-hydrogen) atoms. The zero-order valence-corrected chi connectivity index (χ0v) is 12.1. The van der Waals surface area contributed by atoms with Crippen LogP contribution in [0, 0.1) is 13.8 Å². The smallest absolute Gasteiger partial charge is 0.193 e. The summed E-state index contributed by atoms with van der Waals surface area (Å²) in [5.41, 5.74) is 4.04. The molecule has 1 heterocycles. The van der Waals surface area contributed by atoms with Gasteiger partial charge in [-0.15, -0.1) is 0 Å². The monoisotopic (exact) mass is 293 g/mol. The van der Waals surface area contributed by atoms with Crippen molar-refractivity contribution in [3.05, 3.63) is 43.6 Å². The molecular formula is C14H16BrNO. The van der Waals surface area contributed by atoms with Gasteiger partial charge >= 0.3 is 0 Å². The molecule has 0 saturated carbocycles. The van der Waals surface area contributed by atoms with Gasteiger partial charge in [0.05, 0.1) is 5.52 Å². The number of halogens is 1. The highest BCUT2D eigenvalue weighted by molar-refractivity contribution is 9.10. The molecular weight excluding hydrogens is 278 g/mol. The fraction of sp³-hybridized carbons (Fsp3) is 0.357. The number of aromatic amines is 1. The van der Waals surface area contributed by atoms with Crippen molar-refractivity contribution < 1.29 is 0 Å². The molecule has 0 bridgehead atoms. The van der Waals surface area contributed by atoms with Gasteiger partial charge in [-0.2, -0.15) is 0 Å². The Hall–Kier alpha value is -1.09. The number of H-pyrrole nitrogens is 1. The maximum Gasteiger partial charge on any atom is 0.193 e. The van der Waals surface area contributed by atoms with Crippen molar-refractivity contribution in [2.45, 2.75) is 33.6 Å². The van der Waals surface area contributed by atoms with Crippen LogP contribution in [-0.2, 0) is 0 Å². The summed E-state index contributed by atoms with van der Waals surface area (Å²) >= 11 is 3.44. The van der Waals surface area contributed by atoms with Crippen molar-refractivity contribution in [2.75, 3.05) is 0 Å². The second-order valence-corrected chi connectivity index (χ2v) is 5.71. The minimum Gasteiger partial charge on any atom is -0.358 e. The summed E-state index contributed by atoms with van der Waals surface area (Å²) in [5.74, 6) is 0.238. The van der Waals surface area contributed by atoms with Crippen molar-refractivity contribution >= 4 is 26.8 Å². The lowest BCUT2D eigenvalue weighted by atomic mass is 9.98. The molecule has 3 heteroatoms. The Morgan fingerprint density at radius 2 is 1.88 bits per heavy atom. The van der Waals surface area contributed by atoms with Crippen molar-refractivity contribution in [1.82, 2.24) is 4.98 Å². The van der Waals surface area contributed by atoms with Crippen LogP contribution in [0.1, 0.15) is 36.6 Å². The van der Waals surface area contributed by atoms with Gasteiger partial charge in [-0.05, 0) is 37.5 Å². The first-order chi connectivity index (χ1) is 7.91. The third kappa shape index (κ3) is 2.04.